The average Bonchev–Trinajstić information content (AvgIpc) is 3.19. The minimum Gasteiger partial charge on any atom is -0.508 e. The molecule has 0 saturated carbocycles. The van der Waals surface area contributed by atoms with Gasteiger partial charge in [0.15, 0.2) is 0 Å². The highest BCUT2D eigenvalue weighted by atomic mass is 35.5. The van der Waals surface area contributed by atoms with Crippen molar-refractivity contribution in [3.05, 3.63) is 40.9 Å². The SMILES string of the molecule is C=CC(=O)N1CCC(N2CCN(C(=O)CCc3cc(C)c(Cl)cc3O)CC2)C1. The third-order valence-corrected chi connectivity index (χ3v) is 6.21. The van der Waals surface area contributed by atoms with Crippen LogP contribution in [0.4, 0.5) is 0 Å². The van der Waals surface area contributed by atoms with Crippen LogP contribution in [0.25, 0.3) is 0 Å². The van der Waals surface area contributed by atoms with E-state index in [0.29, 0.717) is 37.0 Å². The number of carbonyl (C=O) groups excluding carboxylic acids is 2. The van der Waals surface area contributed by atoms with Crippen molar-refractivity contribution in [2.24, 2.45) is 0 Å². The molecule has 2 aliphatic heterocycles. The Bertz CT molecular complexity index is 760. The van der Waals surface area contributed by atoms with E-state index < -0.39 is 0 Å². The number of benzene rings is 1. The van der Waals surface area contributed by atoms with Gasteiger partial charge in [-0.25, -0.2) is 0 Å². The van der Waals surface area contributed by atoms with Gasteiger partial charge in [-0.3, -0.25) is 14.5 Å². The van der Waals surface area contributed by atoms with Crippen molar-refractivity contribution < 1.29 is 14.7 Å². The second kappa shape index (κ2) is 8.97. The van der Waals surface area contributed by atoms with Crippen molar-refractivity contribution in [2.75, 3.05) is 39.3 Å². The Labute approximate surface area is 171 Å². The number of hydrogen-bond acceptors (Lipinski definition) is 4. The molecule has 0 radical (unpaired) electrons. The zero-order valence-corrected chi connectivity index (χ0v) is 17.1. The van der Waals surface area contributed by atoms with E-state index >= 15 is 0 Å². The van der Waals surface area contributed by atoms with Crippen LogP contribution >= 0.6 is 11.6 Å². The fourth-order valence-electron chi connectivity index (χ4n) is 4.04. The first-order valence-corrected chi connectivity index (χ1v) is 10.2. The Morgan fingerprint density at radius 3 is 2.61 bits per heavy atom. The van der Waals surface area contributed by atoms with Gasteiger partial charge in [0.05, 0.1) is 0 Å². The number of phenolic OH excluding ortho intramolecular Hbond substituents is 1. The first-order chi connectivity index (χ1) is 13.4. The number of amides is 2. The van der Waals surface area contributed by atoms with Gasteiger partial charge >= 0.3 is 0 Å². The lowest BCUT2D eigenvalue weighted by molar-refractivity contribution is -0.133. The largest absolute Gasteiger partial charge is 0.508 e. The summed E-state index contributed by atoms with van der Waals surface area (Å²) in [7, 11) is 0. The van der Waals surface area contributed by atoms with Crippen molar-refractivity contribution >= 4 is 23.4 Å². The molecule has 1 aromatic rings. The highest BCUT2D eigenvalue weighted by Gasteiger charge is 2.32. The predicted molar refractivity (Wildman–Crippen MR) is 110 cm³/mol. The molecule has 3 rings (SSSR count). The van der Waals surface area contributed by atoms with Gasteiger partial charge < -0.3 is 14.9 Å². The Morgan fingerprint density at radius 2 is 1.93 bits per heavy atom. The number of aryl methyl sites for hydroxylation is 2. The standard InChI is InChI=1S/C21H28ClN3O3/c1-3-20(27)25-7-6-17(14-25)23-8-10-24(11-9-23)21(28)5-4-16-12-15(2)18(22)13-19(16)26/h3,12-13,17,26H,1,4-11,14H2,2H3. The number of rotatable bonds is 5. The molecule has 152 valence electrons. The zero-order chi connectivity index (χ0) is 20.3. The highest BCUT2D eigenvalue weighted by Crippen LogP contribution is 2.27. The topological polar surface area (TPSA) is 64.1 Å². The monoisotopic (exact) mass is 405 g/mol. The number of phenols is 1. The highest BCUT2D eigenvalue weighted by molar-refractivity contribution is 6.31. The van der Waals surface area contributed by atoms with Gasteiger partial charge in [0.25, 0.3) is 0 Å². The molecule has 2 aliphatic rings. The van der Waals surface area contributed by atoms with E-state index in [-0.39, 0.29) is 17.6 Å². The third kappa shape index (κ3) is 4.67. The minimum absolute atomic E-state index is 0.00278. The maximum Gasteiger partial charge on any atom is 0.246 e. The van der Waals surface area contributed by atoms with Gasteiger partial charge in [-0.15, -0.1) is 0 Å². The van der Waals surface area contributed by atoms with E-state index in [2.05, 4.69) is 11.5 Å². The summed E-state index contributed by atoms with van der Waals surface area (Å²) in [6.45, 7) is 10.0. The summed E-state index contributed by atoms with van der Waals surface area (Å²) >= 11 is 6.01. The van der Waals surface area contributed by atoms with Crippen LogP contribution < -0.4 is 0 Å². The van der Waals surface area contributed by atoms with E-state index in [0.717, 1.165) is 43.7 Å². The van der Waals surface area contributed by atoms with E-state index in [1.165, 1.54) is 12.1 Å². The maximum absolute atomic E-state index is 12.6. The maximum atomic E-state index is 12.6. The van der Waals surface area contributed by atoms with Crippen molar-refractivity contribution in [2.45, 2.75) is 32.2 Å². The molecule has 2 saturated heterocycles. The number of piperazine rings is 1. The molecule has 2 heterocycles. The molecule has 0 bridgehead atoms. The smallest absolute Gasteiger partial charge is 0.246 e. The quantitative estimate of drug-likeness (QED) is 0.763. The van der Waals surface area contributed by atoms with E-state index in [1.54, 1.807) is 0 Å². The summed E-state index contributed by atoms with van der Waals surface area (Å²) in [6.07, 6.45) is 3.23. The molecule has 2 fully saturated rings. The van der Waals surface area contributed by atoms with Crippen molar-refractivity contribution in [1.29, 1.82) is 0 Å². The molecule has 1 unspecified atom stereocenters. The van der Waals surface area contributed by atoms with Crippen molar-refractivity contribution in [3.63, 3.8) is 0 Å². The summed E-state index contributed by atoms with van der Waals surface area (Å²) in [5.74, 6) is 0.256. The van der Waals surface area contributed by atoms with Crippen LogP contribution in [0, 0.1) is 6.92 Å². The fraction of sp³-hybridized carbons (Fsp3) is 0.524. The summed E-state index contributed by atoms with van der Waals surface area (Å²) in [5, 5.41) is 10.6. The number of aromatic hydroxyl groups is 1. The number of carbonyl (C=O) groups is 2. The van der Waals surface area contributed by atoms with E-state index in [4.69, 9.17) is 11.6 Å². The second-order valence-corrected chi connectivity index (χ2v) is 7.98. The molecule has 1 N–H and O–H groups in total. The van der Waals surface area contributed by atoms with Crippen LogP contribution in [-0.2, 0) is 16.0 Å². The normalized spacial score (nSPS) is 20.4. The third-order valence-electron chi connectivity index (χ3n) is 5.80. The molecule has 0 aromatic heterocycles. The number of hydrogen-bond donors (Lipinski definition) is 1. The molecule has 1 aromatic carbocycles. The average molecular weight is 406 g/mol. The molecule has 1 atom stereocenters. The molecule has 7 heteroatoms. The van der Waals surface area contributed by atoms with Gasteiger partial charge in [-0.1, -0.05) is 24.2 Å². The molecule has 2 amide bonds. The number of likely N-dealkylation sites (tertiary alicyclic amines) is 1. The Hall–Kier alpha value is -2.05. The van der Waals surface area contributed by atoms with Crippen LogP contribution in [0.3, 0.4) is 0 Å². The Morgan fingerprint density at radius 1 is 1.21 bits per heavy atom. The van der Waals surface area contributed by atoms with Gasteiger partial charge in [0.1, 0.15) is 5.75 Å². The lowest BCUT2D eigenvalue weighted by atomic mass is 10.0. The van der Waals surface area contributed by atoms with Crippen molar-refractivity contribution in [3.8, 4) is 5.75 Å². The lowest BCUT2D eigenvalue weighted by Crippen LogP contribution is -2.52. The molecule has 28 heavy (non-hydrogen) atoms. The predicted octanol–water partition coefficient (Wildman–Crippen LogP) is 2.22. The molecular weight excluding hydrogens is 378 g/mol. The lowest BCUT2D eigenvalue weighted by Gasteiger charge is -2.38. The van der Waals surface area contributed by atoms with Crippen LogP contribution in [0.1, 0.15) is 24.0 Å². The molecule has 0 aliphatic carbocycles. The van der Waals surface area contributed by atoms with Crippen LogP contribution in [-0.4, -0.2) is 76.9 Å². The van der Waals surface area contributed by atoms with Gasteiger partial charge in [-0.2, -0.15) is 0 Å². The molecular formula is C21H28ClN3O3. The van der Waals surface area contributed by atoms with Gasteiger partial charge in [0, 0.05) is 56.8 Å². The zero-order valence-electron chi connectivity index (χ0n) is 16.4. The van der Waals surface area contributed by atoms with Crippen LogP contribution in [0.5, 0.6) is 5.75 Å². The van der Waals surface area contributed by atoms with Crippen LogP contribution in [0.2, 0.25) is 5.02 Å². The molecule has 6 nitrogen and oxygen atoms in total. The fourth-order valence-corrected chi connectivity index (χ4v) is 4.19. The Balaban J connectivity index is 1.46. The van der Waals surface area contributed by atoms with Gasteiger partial charge in [0.2, 0.25) is 11.8 Å². The van der Waals surface area contributed by atoms with Gasteiger partial charge in [-0.05, 0) is 43.0 Å². The summed E-state index contributed by atoms with van der Waals surface area (Å²) in [4.78, 5) is 30.5. The van der Waals surface area contributed by atoms with Crippen LogP contribution in [0.15, 0.2) is 24.8 Å². The van der Waals surface area contributed by atoms with E-state index in [1.807, 2.05) is 22.8 Å². The first kappa shape index (κ1) is 20.7. The Kier molecular flexibility index (Phi) is 6.62. The van der Waals surface area contributed by atoms with E-state index in [9.17, 15) is 14.7 Å². The first-order valence-electron chi connectivity index (χ1n) is 9.80. The molecule has 0 spiro atoms. The summed E-state index contributed by atoms with van der Waals surface area (Å²) < 4.78 is 0. The minimum atomic E-state index is -0.00278. The summed E-state index contributed by atoms with van der Waals surface area (Å²) in [5.41, 5.74) is 1.66. The number of nitrogens with zero attached hydrogens (tertiary/aromatic N) is 3. The second-order valence-electron chi connectivity index (χ2n) is 7.58. The summed E-state index contributed by atoms with van der Waals surface area (Å²) in [6, 6.07) is 3.76. The van der Waals surface area contributed by atoms with Crippen molar-refractivity contribution in [1.82, 2.24) is 14.7 Å². The number of halogens is 1.